The van der Waals surface area contributed by atoms with E-state index in [-0.39, 0.29) is 22.3 Å². The summed E-state index contributed by atoms with van der Waals surface area (Å²) in [7, 11) is 3.23. The van der Waals surface area contributed by atoms with Crippen LogP contribution in [0.2, 0.25) is 0 Å². The van der Waals surface area contributed by atoms with Crippen LogP contribution in [0.15, 0.2) is 47.3 Å². The van der Waals surface area contributed by atoms with Crippen molar-refractivity contribution >= 4 is 50.4 Å². The molecule has 10 nitrogen and oxygen atoms in total. The highest BCUT2D eigenvalue weighted by Crippen LogP contribution is 2.51. The molecule has 40 heavy (non-hydrogen) atoms. The number of hydrogen-bond donors (Lipinski definition) is 2. The van der Waals surface area contributed by atoms with Crippen molar-refractivity contribution in [2.75, 3.05) is 7.11 Å². The lowest BCUT2D eigenvalue weighted by molar-refractivity contribution is -0.166. The highest BCUT2D eigenvalue weighted by Gasteiger charge is 2.53. The molecular weight excluding hydrogens is 516 g/mol. The van der Waals surface area contributed by atoms with Crippen LogP contribution in [0, 0.1) is 5.92 Å². The van der Waals surface area contributed by atoms with Gasteiger partial charge in [-0.2, -0.15) is 0 Å². The maximum absolute atomic E-state index is 14.1. The van der Waals surface area contributed by atoms with E-state index >= 15 is 0 Å². The first-order chi connectivity index (χ1) is 18.9. The van der Waals surface area contributed by atoms with Gasteiger partial charge in [0.15, 0.2) is 0 Å². The average Bonchev–Trinajstić information content (AvgIpc) is 2.88. The first-order valence-corrected chi connectivity index (χ1v) is 12.8. The Bertz CT molecular complexity index is 1790. The maximum atomic E-state index is 14.1. The molecule has 4 aromatic rings. The molecule has 208 valence electrons. The number of nitrogens with zero attached hydrogens (tertiary/aromatic N) is 1. The predicted octanol–water partition coefficient (Wildman–Crippen LogP) is 3.83. The molecule has 0 saturated carbocycles. The fourth-order valence-electron chi connectivity index (χ4n) is 5.97. The van der Waals surface area contributed by atoms with Gasteiger partial charge < -0.3 is 29.2 Å². The van der Waals surface area contributed by atoms with E-state index in [1.807, 2.05) is 41.0 Å². The minimum absolute atomic E-state index is 0.233. The fourth-order valence-corrected chi connectivity index (χ4v) is 5.97. The van der Waals surface area contributed by atoms with Crippen molar-refractivity contribution in [2.24, 2.45) is 13.0 Å². The van der Waals surface area contributed by atoms with Gasteiger partial charge in [0.25, 0.3) is 0 Å². The van der Waals surface area contributed by atoms with Crippen molar-refractivity contribution < 1.29 is 33.7 Å². The second-order valence-corrected chi connectivity index (χ2v) is 10.6. The summed E-state index contributed by atoms with van der Waals surface area (Å²) in [5.74, 6) is -3.08. The van der Waals surface area contributed by atoms with Gasteiger partial charge in [-0.3, -0.25) is 14.4 Å². The van der Waals surface area contributed by atoms with Crippen molar-refractivity contribution in [3.05, 3.63) is 58.3 Å². The number of carboxylic acid groups (broad SMARTS) is 1. The molecule has 0 aliphatic carbocycles. The molecule has 0 spiro atoms. The van der Waals surface area contributed by atoms with Gasteiger partial charge in [-0.15, -0.1) is 0 Å². The second-order valence-electron chi connectivity index (χ2n) is 10.6. The van der Waals surface area contributed by atoms with E-state index in [9.17, 15) is 24.3 Å². The molecule has 1 unspecified atom stereocenters. The predicted molar refractivity (Wildman–Crippen MR) is 149 cm³/mol. The van der Waals surface area contributed by atoms with Crippen LogP contribution in [0.25, 0.3) is 32.6 Å². The summed E-state index contributed by atoms with van der Waals surface area (Å²) in [6.07, 6.45) is -1.19. The minimum Gasteiger partial charge on any atom is -0.496 e. The number of pyridine rings is 1. The van der Waals surface area contributed by atoms with Crippen molar-refractivity contribution in [3.63, 3.8) is 0 Å². The summed E-state index contributed by atoms with van der Waals surface area (Å²) in [5, 5.41) is 15.2. The number of fused-ring (bicyclic) bond motifs is 5. The fraction of sp³-hybridized carbons (Fsp3) is 0.333. The Morgan fingerprint density at radius 2 is 1.75 bits per heavy atom. The molecule has 1 aromatic heterocycles. The SMILES string of the molecule is COc1cc2c(c3c1c(=O)c1cc4ccccc4cc1n3C)[C@H](OC(C)=O)[C@H](C(NC(C)=O)C(=O)O)C(C)(C)O2. The van der Waals surface area contributed by atoms with Crippen LogP contribution in [0.4, 0.5) is 0 Å². The molecule has 0 bridgehead atoms. The Kier molecular flexibility index (Phi) is 6.44. The molecule has 3 atom stereocenters. The number of aromatic nitrogens is 1. The quantitative estimate of drug-likeness (QED) is 0.285. The van der Waals surface area contributed by atoms with Gasteiger partial charge >= 0.3 is 11.9 Å². The van der Waals surface area contributed by atoms with E-state index in [1.165, 1.54) is 21.0 Å². The van der Waals surface area contributed by atoms with E-state index in [0.717, 1.165) is 10.8 Å². The first-order valence-electron chi connectivity index (χ1n) is 12.8. The molecule has 0 fully saturated rings. The molecule has 1 amide bonds. The van der Waals surface area contributed by atoms with Crippen molar-refractivity contribution in [3.8, 4) is 11.5 Å². The smallest absolute Gasteiger partial charge is 0.326 e. The van der Waals surface area contributed by atoms with Gasteiger partial charge in [0.1, 0.15) is 29.2 Å². The van der Waals surface area contributed by atoms with Gasteiger partial charge in [0, 0.05) is 32.3 Å². The number of rotatable bonds is 5. The van der Waals surface area contributed by atoms with Crippen molar-refractivity contribution in [1.82, 2.24) is 9.88 Å². The molecular formula is C30H30N2O8. The van der Waals surface area contributed by atoms with Crippen molar-refractivity contribution in [2.45, 2.75) is 45.4 Å². The standard InChI is InChI=1S/C30H30N2O8/c1-14(33)31-25(29(36)37)24-28(39-15(2)34)23-21(40-30(24,3)4)13-20(38-6)22-26(23)32(5)19-12-17-10-8-7-9-16(17)11-18(19)27(22)35/h7-13,24-25,28H,1-6H3,(H,31,33)(H,36,37)/t24-,25?,28-/m0/s1. The molecule has 3 aromatic carbocycles. The maximum Gasteiger partial charge on any atom is 0.326 e. The third kappa shape index (κ3) is 4.20. The van der Waals surface area contributed by atoms with Crippen LogP contribution >= 0.6 is 0 Å². The van der Waals surface area contributed by atoms with Crippen LogP contribution < -0.4 is 20.2 Å². The van der Waals surface area contributed by atoms with E-state index in [0.29, 0.717) is 22.0 Å². The number of hydrogen-bond acceptors (Lipinski definition) is 7. The second kappa shape index (κ2) is 9.55. The number of carboxylic acids is 1. The minimum atomic E-state index is -1.47. The number of carbonyl (C=O) groups is 3. The number of carbonyl (C=O) groups excluding carboxylic acids is 2. The number of ether oxygens (including phenoxy) is 3. The van der Waals surface area contributed by atoms with Crippen LogP contribution in [0.1, 0.15) is 39.4 Å². The van der Waals surface area contributed by atoms with Gasteiger partial charge in [-0.25, -0.2) is 4.79 Å². The number of esters is 1. The third-order valence-electron chi connectivity index (χ3n) is 7.58. The zero-order valence-corrected chi connectivity index (χ0v) is 23.0. The lowest BCUT2D eigenvalue weighted by atomic mass is 9.74. The van der Waals surface area contributed by atoms with Crippen LogP contribution in [0.5, 0.6) is 11.5 Å². The van der Waals surface area contributed by atoms with Crippen LogP contribution in [-0.2, 0) is 26.2 Å². The Morgan fingerprint density at radius 3 is 2.33 bits per heavy atom. The Morgan fingerprint density at radius 1 is 1.10 bits per heavy atom. The number of amides is 1. The van der Waals surface area contributed by atoms with Gasteiger partial charge in [-0.05, 0) is 36.8 Å². The summed E-state index contributed by atoms with van der Waals surface area (Å²) < 4.78 is 19.7. The normalized spacial score (nSPS) is 18.6. The Balaban J connectivity index is 1.94. The molecule has 2 heterocycles. The molecule has 1 aliphatic heterocycles. The third-order valence-corrected chi connectivity index (χ3v) is 7.58. The average molecular weight is 547 g/mol. The van der Waals surface area contributed by atoms with Crippen LogP contribution in [-0.4, -0.2) is 46.3 Å². The van der Waals surface area contributed by atoms with Gasteiger partial charge in [0.2, 0.25) is 11.3 Å². The molecule has 0 radical (unpaired) electrons. The molecule has 1 aliphatic rings. The summed E-state index contributed by atoms with van der Waals surface area (Å²) in [4.78, 5) is 51.1. The summed E-state index contributed by atoms with van der Waals surface area (Å²) in [6, 6.07) is 11.5. The number of methoxy groups -OCH3 is 1. The molecule has 0 saturated heterocycles. The summed E-state index contributed by atoms with van der Waals surface area (Å²) >= 11 is 0. The number of aliphatic carboxylic acids is 1. The first kappa shape index (κ1) is 27.0. The lowest BCUT2D eigenvalue weighted by Crippen LogP contribution is -2.58. The Hall–Kier alpha value is -4.60. The van der Waals surface area contributed by atoms with Gasteiger partial charge in [-0.1, -0.05) is 24.3 Å². The van der Waals surface area contributed by atoms with Crippen LogP contribution in [0.3, 0.4) is 0 Å². The highest BCUT2D eigenvalue weighted by atomic mass is 16.6. The zero-order valence-electron chi connectivity index (χ0n) is 23.0. The zero-order chi connectivity index (χ0) is 29.1. The monoisotopic (exact) mass is 546 g/mol. The summed E-state index contributed by atoms with van der Waals surface area (Å²) in [5.41, 5.74) is -0.217. The van der Waals surface area contributed by atoms with Crippen molar-refractivity contribution in [1.29, 1.82) is 0 Å². The number of nitrogens with one attached hydrogen (secondary N) is 1. The van der Waals surface area contributed by atoms with E-state index < -0.39 is 41.5 Å². The summed E-state index contributed by atoms with van der Waals surface area (Å²) in [6.45, 7) is 5.76. The van der Waals surface area contributed by atoms with Gasteiger partial charge in [0.05, 0.1) is 35.0 Å². The topological polar surface area (TPSA) is 133 Å². The highest BCUT2D eigenvalue weighted by molar-refractivity contribution is 6.04. The largest absolute Gasteiger partial charge is 0.496 e. The molecule has 5 rings (SSSR count). The Labute approximate surface area is 229 Å². The number of benzene rings is 3. The molecule has 2 N–H and O–H groups in total. The van der Waals surface area contributed by atoms with E-state index in [4.69, 9.17) is 14.2 Å². The number of aryl methyl sites for hydroxylation is 1. The van der Waals surface area contributed by atoms with E-state index in [1.54, 1.807) is 27.0 Å². The molecule has 10 heteroatoms. The van der Waals surface area contributed by atoms with E-state index in [2.05, 4.69) is 5.32 Å². The lowest BCUT2D eigenvalue weighted by Gasteiger charge is -2.46.